The van der Waals surface area contributed by atoms with Crippen molar-refractivity contribution in [2.24, 2.45) is 0 Å². The van der Waals surface area contributed by atoms with E-state index in [2.05, 4.69) is 0 Å². The van der Waals surface area contributed by atoms with Crippen LogP contribution in [-0.4, -0.2) is 37.9 Å². The zero-order valence-electron chi connectivity index (χ0n) is 7.82. The number of sulfone groups is 1. The first-order valence-corrected chi connectivity index (χ1v) is 5.97. The van der Waals surface area contributed by atoms with Gasteiger partial charge in [0.05, 0.1) is 11.4 Å². The van der Waals surface area contributed by atoms with Crippen LogP contribution in [0.25, 0.3) is 0 Å². The minimum absolute atomic E-state index is 0.274. The van der Waals surface area contributed by atoms with Crippen LogP contribution in [0.15, 0.2) is 0 Å². The molecular formula is C8H14O4S. The molecule has 1 fully saturated rings. The van der Waals surface area contributed by atoms with Gasteiger partial charge in [-0.05, 0) is 20.3 Å². The first-order valence-electron chi connectivity index (χ1n) is 4.26. The third kappa shape index (κ3) is 2.51. The standard InChI is InChI=1S/C8H14O4S/c1-6(9)5-13(10,11)8-3-4-12-7(8)2/h7-8H,3-5H2,1-2H3. The summed E-state index contributed by atoms with van der Waals surface area (Å²) in [5, 5.41) is -0.489. The molecular weight excluding hydrogens is 192 g/mol. The van der Waals surface area contributed by atoms with E-state index in [-0.39, 0.29) is 17.6 Å². The third-order valence-corrected chi connectivity index (χ3v) is 4.52. The van der Waals surface area contributed by atoms with Crippen molar-refractivity contribution in [2.45, 2.75) is 31.6 Å². The Morgan fingerprint density at radius 3 is 2.54 bits per heavy atom. The Labute approximate surface area is 78.2 Å². The van der Waals surface area contributed by atoms with E-state index in [1.54, 1.807) is 6.92 Å². The van der Waals surface area contributed by atoms with E-state index in [0.717, 1.165) is 0 Å². The Morgan fingerprint density at radius 1 is 1.54 bits per heavy atom. The number of carbonyl (C=O) groups is 1. The molecule has 0 amide bonds. The van der Waals surface area contributed by atoms with Crippen LogP contribution < -0.4 is 0 Å². The maximum absolute atomic E-state index is 11.6. The lowest BCUT2D eigenvalue weighted by Gasteiger charge is -2.13. The summed E-state index contributed by atoms with van der Waals surface area (Å²) in [5.41, 5.74) is 0. The molecule has 13 heavy (non-hydrogen) atoms. The summed E-state index contributed by atoms with van der Waals surface area (Å²) in [5.74, 6) is -0.662. The average molecular weight is 206 g/mol. The van der Waals surface area contributed by atoms with Gasteiger partial charge in [0.1, 0.15) is 11.5 Å². The van der Waals surface area contributed by atoms with Gasteiger partial charge in [0.15, 0.2) is 9.84 Å². The van der Waals surface area contributed by atoms with Gasteiger partial charge in [0, 0.05) is 6.61 Å². The molecule has 0 aromatic heterocycles. The largest absolute Gasteiger partial charge is 0.377 e. The van der Waals surface area contributed by atoms with E-state index in [4.69, 9.17) is 4.74 Å². The molecule has 0 aromatic rings. The minimum atomic E-state index is -3.28. The number of hydrogen-bond donors (Lipinski definition) is 0. The van der Waals surface area contributed by atoms with Gasteiger partial charge in [-0.15, -0.1) is 0 Å². The van der Waals surface area contributed by atoms with E-state index in [1.807, 2.05) is 0 Å². The number of ketones is 1. The lowest BCUT2D eigenvalue weighted by molar-refractivity contribution is -0.114. The molecule has 0 N–H and O–H groups in total. The van der Waals surface area contributed by atoms with Crippen molar-refractivity contribution in [2.75, 3.05) is 12.4 Å². The number of rotatable bonds is 3. The number of carbonyl (C=O) groups excluding carboxylic acids is 1. The highest BCUT2D eigenvalue weighted by Gasteiger charge is 2.36. The molecule has 1 aliphatic heterocycles. The molecule has 1 rings (SSSR count). The fourth-order valence-corrected chi connectivity index (χ4v) is 3.47. The number of Topliss-reactive ketones (excluding diaryl/α,β-unsaturated/α-hetero) is 1. The zero-order chi connectivity index (χ0) is 10.1. The second-order valence-corrected chi connectivity index (χ2v) is 5.63. The summed E-state index contributed by atoms with van der Waals surface area (Å²) in [6, 6.07) is 0. The van der Waals surface area contributed by atoms with Gasteiger partial charge in [-0.3, -0.25) is 4.79 Å². The second kappa shape index (κ2) is 3.75. The van der Waals surface area contributed by atoms with Crippen molar-refractivity contribution in [1.29, 1.82) is 0 Å². The molecule has 0 spiro atoms. The van der Waals surface area contributed by atoms with Gasteiger partial charge in [-0.1, -0.05) is 0 Å². The Bertz CT molecular complexity index is 293. The van der Waals surface area contributed by atoms with Crippen LogP contribution in [-0.2, 0) is 19.4 Å². The van der Waals surface area contributed by atoms with Crippen molar-refractivity contribution >= 4 is 15.6 Å². The first kappa shape index (κ1) is 10.7. The molecule has 0 aliphatic carbocycles. The molecule has 76 valence electrons. The minimum Gasteiger partial charge on any atom is -0.377 e. The fourth-order valence-electron chi connectivity index (χ4n) is 1.57. The summed E-state index contributed by atoms with van der Waals surface area (Å²) >= 11 is 0. The van der Waals surface area contributed by atoms with Gasteiger partial charge in [0.2, 0.25) is 0 Å². The van der Waals surface area contributed by atoms with Crippen molar-refractivity contribution in [1.82, 2.24) is 0 Å². The lowest BCUT2D eigenvalue weighted by atomic mass is 10.3. The molecule has 1 heterocycles. The molecule has 5 heteroatoms. The Hall–Kier alpha value is -0.420. The normalized spacial score (nSPS) is 29.1. The van der Waals surface area contributed by atoms with E-state index in [1.165, 1.54) is 6.92 Å². The molecule has 4 nitrogen and oxygen atoms in total. The Kier molecular flexibility index (Phi) is 3.08. The van der Waals surface area contributed by atoms with Crippen LogP contribution in [0.3, 0.4) is 0 Å². The van der Waals surface area contributed by atoms with E-state index >= 15 is 0 Å². The van der Waals surface area contributed by atoms with Gasteiger partial charge < -0.3 is 4.74 Å². The third-order valence-electron chi connectivity index (χ3n) is 2.17. The van der Waals surface area contributed by atoms with Crippen LogP contribution in [0.1, 0.15) is 20.3 Å². The van der Waals surface area contributed by atoms with Crippen LogP contribution in [0.5, 0.6) is 0 Å². The molecule has 2 unspecified atom stereocenters. The fraction of sp³-hybridized carbons (Fsp3) is 0.875. The maximum atomic E-state index is 11.6. The predicted molar refractivity (Wildman–Crippen MR) is 48.3 cm³/mol. The van der Waals surface area contributed by atoms with E-state index in [9.17, 15) is 13.2 Å². The predicted octanol–water partition coefficient (Wildman–Crippen LogP) is 0.168. The second-order valence-electron chi connectivity index (χ2n) is 3.41. The molecule has 0 saturated carbocycles. The van der Waals surface area contributed by atoms with Gasteiger partial charge in [0.25, 0.3) is 0 Å². The summed E-state index contributed by atoms with van der Waals surface area (Å²) in [6.45, 7) is 3.50. The van der Waals surface area contributed by atoms with Crippen molar-refractivity contribution in [3.05, 3.63) is 0 Å². The smallest absolute Gasteiger partial charge is 0.162 e. The molecule has 2 atom stereocenters. The van der Waals surface area contributed by atoms with Gasteiger partial charge >= 0.3 is 0 Å². The van der Waals surface area contributed by atoms with Crippen LogP contribution in [0.4, 0.5) is 0 Å². The Balaban J connectivity index is 2.74. The van der Waals surface area contributed by atoms with Crippen molar-refractivity contribution in [3.63, 3.8) is 0 Å². The Morgan fingerprint density at radius 2 is 2.15 bits per heavy atom. The van der Waals surface area contributed by atoms with Gasteiger partial charge in [-0.25, -0.2) is 8.42 Å². The highest BCUT2D eigenvalue weighted by atomic mass is 32.2. The summed E-state index contributed by atoms with van der Waals surface area (Å²) < 4.78 is 28.2. The molecule has 0 aromatic carbocycles. The maximum Gasteiger partial charge on any atom is 0.162 e. The molecule has 1 saturated heterocycles. The van der Waals surface area contributed by atoms with Crippen molar-refractivity contribution in [3.8, 4) is 0 Å². The monoisotopic (exact) mass is 206 g/mol. The number of ether oxygens (including phenoxy) is 1. The molecule has 0 bridgehead atoms. The summed E-state index contributed by atoms with van der Waals surface area (Å²) in [6.07, 6.45) is 0.237. The summed E-state index contributed by atoms with van der Waals surface area (Å²) in [4.78, 5) is 10.7. The van der Waals surface area contributed by atoms with Crippen LogP contribution >= 0.6 is 0 Å². The average Bonchev–Trinajstić information content (AvgIpc) is 2.32. The lowest BCUT2D eigenvalue weighted by Crippen LogP contribution is -2.32. The first-order chi connectivity index (χ1) is 5.93. The number of hydrogen-bond acceptors (Lipinski definition) is 4. The highest BCUT2D eigenvalue weighted by molar-refractivity contribution is 7.92. The van der Waals surface area contributed by atoms with Crippen molar-refractivity contribution < 1.29 is 17.9 Å². The molecule has 0 radical (unpaired) electrons. The quantitative estimate of drug-likeness (QED) is 0.660. The van der Waals surface area contributed by atoms with E-state index < -0.39 is 15.1 Å². The van der Waals surface area contributed by atoms with Crippen LogP contribution in [0, 0.1) is 0 Å². The molecule has 1 aliphatic rings. The van der Waals surface area contributed by atoms with Gasteiger partial charge in [-0.2, -0.15) is 0 Å². The van der Waals surface area contributed by atoms with Crippen LogP contribution in [0.2, 0.25) is 0 Å². The SMILES string of the molecule is CC(=O)CS(=O)(=O)C1CCOC1C. The highest BCUT2D eigenvalue weighted by Crippen LogP contribution is 2.21. The topological polar surface area (TPSA) is 60.4 Å². The zero-order valence-corrected chi connectivity index (χ0v) is 8.63. The van der Waals surface area contributed by atoms with E-state index in [0.29, 0.717) is 13.0 Å². The summed E-state index contributed by atoms with van der Waals surface area (Å²) in [7, 11) is -3.28.